The number of carbonyl (C=O) groups excluding carboxylic acids is 3. The highest BCUT2D eigenvalue weighted by atomic mass is 16.7. The first-order valence-corrected chi connectivity index (χ1v) is 14.8. The van der Waals surface area contributed by atoms with E-state index in [2.05, 4.69) is 37.8 Å². The molecule has 1 unspecified atom stereocenters. The number of hydrogen-bond acceptors (Lipinski definition) is 8. The van der Waals surface area contributed by atoms with Crippen LogP contribution in [0.15, 0.2) is 12.2 Å². The Labute approximate surface area is 240 Å². The molecule has 0 aromatic rings. The summed E-state index contributed by atoms with van der Waals surface area (Å²) in [6.07, 6.45) is 11.8. The van der Waals surface area contributed by atoms with Gasteiger partial charge in [0.15, 0.2) is 6.29 Å². The maximum Gasteiger partial charge on any atom is 0.305 e. The maximum atomic E-state index is 12.0. The molecule has 0 radical (unpaired) electrons. The molecule has 1 saturated heterocycles. The minimum Gasteiger partial charge on any atom is -0.469 e. The van der Waals surface area contributed by atoms with Crippen molar-refractivity contribution in [1.29, 1.82) is 0 Å². The van der Waals surface area contributed by atoms with E-state index in [1.165, 1.54) is 21.0 Å². The fraction of sp³-hybridized carbons (Fsp3) is 0.781. The van der Waals surface area contributed by atoms with E-state index < -0.39 is 6.10 Å². The Morgan fingerprint density at radius 3 is 2.35 bits per heavy atom. The fourth-order valence-electron chi connectivity index (χ4n) is 5.64. The van der Waals surface area contributed by atoms with Crippen molar-refractivity contribution in [2.45, 2.75) is 130 Å². The summed E-state index contributed by atoms with van der Waals surface area (Å²) in [5.41, 5.74) is -0.278. The number of carbonyl (C=O) groups is 3. The minimum atomic E-state index is -0.396. The van der Waals surface area contributed by atoms with Crippen molar-refractivity contribution in [2.24, 2.45) is 17.3 Å². The van der Waals surface area contributed by atoms with E-state index in [0.717, 1.165) is 51.4 Å². The van der Waals surface area contributed by atoms with Crippen LogP contribution >= 0.6 is 0 Å². The number of esters is 3. The van der Waals surface area contributed by atoms with Crippen LogP contribution in [-0.4, -0.2) is 56.2 Å². The average Bonchev–Trinajstić information content (AvgIpc) is 3.21. The molecule has 0 aromatic heterocycles. The molecule has 2 aliphatic rings. The molecule has 8 nitrogen and oxygen atoms in total. The van der Waals surface area contributed by atoms with Gasteiger partial charge in [0.2, 0.25) is 0 Å². The minimum absolute atomic E-state index is 0.00441. The molecule has 2 rings (SSSR count). The van der Waals surface area contributed by atoms with Crippen molar-refractivity contribution < 1.29 is 38.1 Å². The molecule has 0 bridgehead atoms. The Hall–Kier alpha value is -2.37. The van der Waals surface area contributed by atoms with Gasteiger partial charge in [0.1, 0.15) is 12.2 Å². The summed E-state index contributed by atoms with van der Waals surface area (Å²) < 4.78 is 28.6. The van der Waals surface area contributed by atoms with Crippen molar-refractivity contribution >= 4 is 17.9 Å². The van der Waals surface area contributed by atoms with Gasteiger partial charge >= 0.3 is 17.9 Å². The number of methoxy groups -OCH3 is 1. The first kappa shape index (κ1) is 33.8. The van der Waals surface area contributed by atoms with Gasteiger partial charge in [-0.1, -0.05) is 45.3 Å². The van der Waals surface area contributed by atoms with Gasteiger partial charge in [0.25, 0.3) is 0 Å². The van der Waals surface area contributed by atoms with Gasteiger partial charge in [-0.3, -0.25) is 14.4 Å². The van der Waals surface area contributed by atoms with Crippen molar-refractivity contribution in [3.05, 3.63) is 12.2 Å². The van der Waals surface area contributed by atoms with E-state index in [-0.39, 0.29) is 53.7 Å². The monoisotopic (exact) mass is 562 g/mol. The summed E-state index contributed by atoms with van der Waals surface area (Å²) in [5, 5.41) is 0. The van der Waals surface area contributed by atoms with E-state index in [4.69, 9.17) is 23.7 Å². The molecule has 2 fully saturated rings. The zero-order valence-corrected chi connectivity index (χ0v) is 25.4. The van der Waals surface area contributed by atoms with Crippen LogP contribution in [0.2, 0.25) is 0 Å². The van der Waals surface area contributed by atoms with Crippen LogP contribution < -0.4 is 0 Å². The van der Waals surface area contributed by atoms with Gasteiger partial charge in [-0.15, -0.1) is 11.8 Å². The van der Waals surface area contributed by atoms with Crippen molar-refractivity contribution in [2.75, 3.05) is 13.7 Å². The molecule has 1 saturated carbocycles. The molecule has 226 valence electrons. The fourth-order valence-corrected chi connectivity index (χ4v) is 5.64. The van der Waals surface area contributed by atoms with Crippen molar-refractivity contribution in [1.82, 2.24) is 0 Å². The van der Waals surface area contributed by atoms with E-state index in [1.54, 1.807) is 0 Å². The second-order valence-electron chi connectivity index (χ2n) is 11.6. The highest BCUT2D eigenvalue weighted by Gasteiger charge is 2.45. The van der Waals surface area contributed by atoms with Gasteiger partial charge in [0, 0.05) is 57.0 Å². The third kappa shape index (κ3) is 11.6. The van der Waals surface area contributed by atoms with Crippen LogP contribution in [0.1, 0.15) is 105 Å². The molecule has 40 heavy (non-hydrogen) atoms. The van der Waals surface area contributed by atoms with Crippen LogP contribution in [0, 0.1) is 29.1 Å². The van der Waals surface area contributed by atoms with Crippen molar-refractivity contribution in [3.63, 3.8) is 0 Å². The standard InChI is InChI=1S/C32H50O8/c1-7-8-20-32(4,5)29(40-31-17-13-14-21-37-31)19-18-26-25(15-11-9-10-12-16-30(35)36-6)27(38-23(2)33)22-28(26)39-24(3)34/h18-19,25-29,31H,9-17,20-22H2,1-6H3/b19-18+/t25-,26-,27+,28-,29-,31?/m1/s1. The topological polar surface area (TPSA) is 97.4 Å². The summed E-state index contributed by atoms with van der Waals surface area (Å²) >= 11 is 0. The molecule has 1 heterocycles. The van der Waals surface area contributed by atoms with Crippen LogP contribution in [0.5, 0.6) is 0 Å². The molecule has 8 heteroatoms. The lowest BCUT2D eigenvalue weighted by Crippen LogP contribution is -2.36. The summed E-state index contributed by atoms with van der Waals surface area (Å²) in [4.78, 5) is 35.4. The Kier molecular flexibility index (Phi) is 14.8. The third-order valence-electron chi connectivity index (χ3n) is 7.83. The predicted octanol–water partition coefficient (Wildman–Crippen LogP) is 5.91. The second kappa shape index (κ2) is 17.4. The lowest BCUT2D eigenvalue weighted by atomic mass is 9.81. The van der Waals surface area contributed by atoms with E-state index in [0.29, 0.717) is 25.9 Å². The van der Waals surface area contributed by atoms with Gasteiger partial charge in [0.05, 0.1) is 13.2 Å². The lowest BCUT2D eigenvalue weighted by molar-refractivity contribution is -0.196. The van der Waals surface area contributed by atoms with Gasteiger partial charge < -0.3 is 23.7 Å². The van der Waals surface area contributed by atoms with Crippen LogP contribution in [-0.2, 0) is 38.1 Å². The summed E-state index contributed by atoms with van der Waals surface area (Å²) in [6.45, 7) is 9.64. The molecule has 1 aliphatic heterocycles. The molecule has 6 atom stereocenters. The van der Waals surface area contributed by atoms with Crippen molar-refractivity contribution in [3.8, 4) is 11.8 Å². The number of unbranched alkanes of at least 4 members (excludes halogenated alkanes) is 3. The Morgan fingerprint density at radius 1 is 1.02 bits per heavy atom. The first-order chi connectivity index (χ1) is 19.1. The van der Waals surface area contributed by atoms with E-state index in [1.807, 2.05) is 6.92 Å². The lowest BCUT2D eigenvalue weighted by Gasteiger charge is -2.35. The number of ether oxygens (including phenoxy) is 5. The first-order valence-electron chi connectivity index (χ1n) is 14.8. The van der Waals surface area contributed by atoms with Gasteiger partial charge in [-0.2, -0.15) is 0 Å². The smallest absolute Gasteiger partial charge is 0.305 e. The SMILES string of the molecule is CC#CCC(C)(C)[C@@H](/C=C/[C@@H]1[C@@H](CCCCCCC(=O)OC)[C@@H](OC(C)=O)C[C@H]1OC(C)=O)OC1CCCCO1. The Balaban J connectivity index is 2.24. The summed E-state index contributed by atoms with van der Waals surface area (Å²) in [6, 6.07) is 0. The molecular formula is C32H50O8. The number of hydrogen-bond donors (Lipinski definition) is 0. The normalized spacial score (nSPS) is 25.6. The quantitative estimate of drug-likeness (QED) is 0.0799. The molecule has 0 amide bonds. The summed E-state index contributed by atoms with van der Waals surface area (Å²) in [5.74, 6) is 5.18. The Morgan fingerprint density at radius 2 is 1.73 bits per heavy atom. The van der Waals surface area contributed by atoms with Crippen LogP contribution in [0.25, 0.3) is 0 Å². The molecular weight excluding hydrogens is 512 g/mol. The Bertz CT molecular complexity index is 892. The van der Waals surface area contributed by atoms with E-state index in [9.17, 15) is 14.4 Å². The number of rotatable bonds is 15. The highest BCUT2D eigenvalue weighted by Crippen LogP contribution is 2.42. The average molecular weight is 563 g/mol. The highest BCUT2D eigenvalue weighted by molar-refractivity contribution is 5.69. The predicted molar refractivity (Wildman–Crippen MR) is 152 cm³/mol. The van der Waals surface area contributed by atoms with Gasteiger partial charge in [-0.05, 0) is 39.0 Å². The summed E-state index contributed by atoms with van der Waals surface area (Å²) in [7, 11) is 1.40. The zero-order valence-electron chi connectivity index (χ0n) is 25.4. The molecule has 1 aliphatic carbocycles. The third-order valence-corrected chi connectivity index (χ3v) is 7.83. The van der Waals surface area contributed by atoms with Gasteiger partial charge in [-0.25, -0.2) is 0 Å². The molecule has 0 N–H and O–H groups in total. The van der Waals surface area contributed by atoms with E-state index >= 15 is 0 Å². The second-order valence-corrected chi connectivity index (χ2v) is 11.6. The molecule has 0 spiro atoms. The van der Waals surface area contributed by atoms with Crippen LogP contribution in [0.3, 0.4) is 0 Å². The molecule has 0 aromatic carbocycles. The zero-order chi connectivity index (χ0) is 29.5. The maximum absolute atomic E-state index is 12.0. The van der Waals surface area contributed by atoms with Crippen LogP contribution in [0.4, 0.5) is 0 Å². The largest absolute Gasteiger partial charge is 0.469 e.